The van der Waals surface area contributed by atoms with Crippen LogP contribution in [0.2, 0.25) is 0 Å². The van der Waals surface area contributed by atoms with Crippen molar-refractivity contribution in [1.29, 1.82) is 0 Å². The lowest BCUT2D eigenvalue weighted by atomic mass is 9.95. The molecule has 0 fully saturated rings. The number of aromatic nitrogens is 1. The van der Waals surface area contributed by atoms with Crippen LogP contribution in [-0.2, 0) is 30.3 Å². The summed E-state index contributed by atoms with van der Waals surface area (Å²) in [5.74, 6) is -2.74. The predicted molar refractivity (Wildman–Crippen MR) is 182 cm³/mol. The van der Waals surface area contributed by atoms with E-state index in [1.54, 1.807) is 50.4 Å². The van der Waals surface area contributed by atoms with Crippen LogP contribution < -0.4 is 16.0 Å². The Morgan fingerprint density at radius 1 is 1.04 bits per heavy atom. The van der Waals surface area contributed by atoms with Gasteiger partial charge in [-0.2, -0.15) is 0 Å². The quantitative estimate of drug-likeness (QED) is 0.153. The number of esters is 1. The van der Waals surface area contributed by atoms with Crippen molar-refractivity contribution in [3.05, 3.63) is 45.9 Å². The first-order valence-electron chi connectivity index (χ1n) is 16.2. The van der Waals surface area contributed by atoms with E-state index in [9.17, 15) is 29.1 Å². The first kappa shape index (κ1) is 39.3. The van der Waals surface area contributed by atoms with Gasteiger partial charge in [0.05, 0.1) is 12.0 Å². The number of nitrogens with one attached hydrogen (secondary N) is 3. The minimum atomic E-state index is -0.973. The Labute approximate surface area is 282 Å². The molecule has 1 aromatic carbocycles. The van der Waals surface area contributed by atoms with Crippen molar-refractivity contribution < 1.29 is 33.8 Å². The SMILES string of the molecule is CCCCC(=O)N(C)C(C[C@@H](OC(C)=O)c1nc(C(=O)N[C@@H](Cc2ccc(NC(=O)[C@H](C)NC)cc2)C[C@H](C)C(=O)O)cs1)C(C)C. The summed E-state index contributed by atoms with van der Waals surface area (Å²) in [5, 5.41) is 20.2. The summed E-state index contributed by atoms with van der Waals surface area (Å²) >= 11 is 1.19. The number of carbonyl (C=O) groups excluding carboxylic acids is 4. The van der Waals surface area contributed by atoms with Gasteiger partial charge in [0.25, 0.3) is 5.91 Å². The molecule has 13 heteroatoms. The summed E-state index contributed by atoms with van der Waals surface area (Å²) in [6, 6.07) is 6.06. The third-order valence-electron chi connectivity index (χ3n) is 8.12. The zero-order chi connectivity index (χ0) is 35.3. The van der Waals surface area contributed by atoms with Crippen LogP contribution in [0, 0.1) is 11.8 Å². The number of thiazole rings is 1. The van der Waals surface area contributed by atoms with Gasteiger partial charge in [-0.15, -0.1) is 11.3 Å². The van der Waals surface area contributed by atoms with Gasteiger partial charge in [0, 0.05) is 50.0 Å². The van der Waals surface area contributed by atoms with E-state index in [1.165, 1.54) is 18.3 Å². The third-order valence-corrected chi connectivity index (χ3v) is 9.06. The van der Waals surface area contributed by atoms with Crippen LogP contribution >= 0.6 is 11.3 Å². The van der Waals surface area contributed by atoms with Crippen LogP contribution in [0.5, 0.6) is 0 Å². The van der Waals surface area contributed by atoms with Crippen molar-refractivity contribution in [2.24, 2.45) is 11.8 Å². The van der Waals surface area contributed by atoms with Crippen molar-refractivity contribution in [2.75, 3.05) is 19.4 Å². The molecule has 0 bridgehead atoms. The number of carbonyl (C=O) groups is 5. The summed E-state index contributed by atoms with van der Waals surface area (Å²) in [6.45, 7) is 10.7. The van der Waals surface area contributed by atoms with Crippen LogP contribution in [0.4, 0.5) is 5.69 Å². The molecule has 4 N–H and O–H groups in total. The average molecular weight is 674 g/mol. The maximum absolute atomic E-state index is 13.4. The van der Waals surface area contributed by atoms with Crippen molar-refractivity contribution in [1.82, 2.24) is 20.5 Å². The number of rotatable bonds is 19. The zero-order valence-electron chi connectivity index (χ0n) is 28.8. The molecule has 1 aromatic heterocycles. The maximum atomic E-state index is 13.4. The number of carboxylic acids is 1. The lowest BCUT2D eigenvalue weighted by molar-refractivity contribution is -0.148. The summed E-state index contributed by atoms with van der Waals surface area (Å²) in [7, 11) is 3.46. The Kier molecular flexibility index (Phi) is 16.0. The topological polar surface area (TPSA) is 167 Å². The summed E-state index contributed by atoms with van der Waals surface area (Å²) in [4.78, 5) is 68.5. The number of benzene rings is 1. The van der Waals surface area contributed by atoms with Crippen LogP contribution in [0.25, 0.3) is 0 Å². The number of aliphatic carboxylic acids is 1. The molecule has 0 aliphatic heterocycles. The molecule has 0 spiro atoms. The van der Waals surface area contributed by atoms with Gasteiger partial charge < -0.3 is 30.7 Å². The molecule has 1 unspecified atom stereocenters. The van der Waals surface area contributed by atoms with Gasteiger partial charge in [-0.25, -0.2) is 4.98 Å². The Morgan fingerprint density at radius 2 is 1.70 bits per heavy atom. The van der Waals surface area contributed by atoms with E-state index in [1.807, 2.05) is 32.9 Å². The minimum Gasteiger partial charge on any atom is -0.481 e. The van der Waals surface area contributed by atoms with E-state index in [2.05, 4.69) is 20.9 Å². The third kappa shape index (κ3) is 12.7. The molecular weight excluding hydrogens is 622 g/mol. The largest absolute Gasteiger partial charge is 0.481 e. The van der Waals surface area contributed by atoms with E-state index in [-0.39, 0.29) is 41.9 Å². The molecule has 260 valence electrons. The Morgan fingerprint density at radius 3 is 2.26 bits per heavy atom. The Balaban J connectivity index is 2.24. The molecule has 2 aromatic rings. The van der Waals surface area contributed by atoms with E-state index < -0.39 is 35.9 Å². The maximum Gasteiger partial charge on any atom is 0.306 e. The van der Waals surface area contributed by atoms with E-state index >= 15 is 0 Å². The summed E-state index contributed by atoms with van der Waals surface area (Å²) in [6.07, 6.45) is 2.23. The fraction of sp³-hybridized carbons (Fsp3) is 0.588. The van der Waals surface area contributed by atoms with Crippen LogP contribution in [0.1, 0.15) is 101 Å². The highest BCUT2D eigenvalue weighted by Crippen LogP contribution is 2.31. The van der Waals surface area contributed by atoms with Gasteiger partial charge in [-0.1, -0.05) is 46.2 Å². The molecule has 1 heterocycles. The van der Waals surface area contributed by atoms with Gasteiger partial charge in [-0.05, 0) is 56.8 Å². The highest BCUT2D eigenvalue weighted by Gasteiger charge is 2.31. The fourth-order valence-corrected chi connectivity index (χ4v) is 5.94. The molecule has 2 rings (SSSR count). The fourth-order valence-electron chi connectivity index (χ4n) is 5.10. The standard InChI is InChI=1S/C34H51N5O7S/c1-9-10-11-30(41)39(8)28(20(2)3)18-29(46-23(6)40)33-38-27(19-47-33)32(43)37-26(16-21(4)34(44)45)17-24-12-14-25(15-13-24)36-31(42)22(5)35-7/h12-15,19-22,26,28-29,35H,9-11,16-18H2,1-8H3,(H,36,42)(H,37,43)(H,44,45)/t21-,22-,26+,28?,29+/m0/s1. The second-order valence-electron chi connectivity index (χ2n) is 12.4. The molecule has 5 atom stereocenters. The van der Waals surface area contributed by atoms with Gasteiger partial charge in [-0.3, -0.25) is 24.0 Å². The molecule has 3 amide bonds. The van der Waals surface area contributed by atoms with Crippen LogP contribution in [-0.4, -0.2) is 76.9 Å². The first-order valence-corrected chi connectivity index (χ1v) is 17.0. The average Bonchev–Trinajstić information content (AvgIpc) is 3.52. The number of hydrogen-bond acceptors (Lipinski definition) is 9. The normalized spacial score (nSPS) is 14.4. The number of ether oxygens (including phenoxy) is 1. The Hall–Kier alpha value is -3.84. The second kappa shape index (κ2) is 19.1. The smallest absolute Gasteiger partial charge is 0.306 e. The van der Waals surface area contributed by atoms with Crippen molar-refractivity contribution in [3.63, 3.8) is 0 Å². The number of amides is 3. The molecular formula is C34H51N5O7S. The van der Waals surface area contributed by atoms with E-state index in [0.717, 1.165) is 18.4 Å². The highest BCUT2D eigenvalue weighted by atomic mass is 32.1. The number of likely N-dealkylation sites (N-methyl/N-ethyl adjacent to an activating group) is 1. The zero-order valence-corrected chi connectivity index (χ0v) is 29.6. The molecule has 0 saturated heterocycles. The van der Waals surface area contributed by atoms with Crippen molar-refractivity contribution in [2.45, 2.75) is 104 Å². The molecule has 0 saturated carbocycles. The van der Waals surface area contributed by atoms with E-state index in [4.69, 9.17) is 4.74 Å². The number of unbranched alkanes of at least 4 members (excludes halogenated alkanes) is 1. The number of carboxylic acid groups (broad SMARTS) is 1. The van der Waals surface area contributed by atoms with Crippen molar-refractivity contribution >= 4 is 46.7 Å². The first-order chi connectivity index (χ1) is 22.2. The van der Waals surface area contributed by atoms with Gasteiger partial charge in [0.2, 0.25) is 11.8 Å². The summed E-state index contributed by atoms with van der Waals surface area (Å²) in [5.41, 5.74) is 1.59. The number of nitrogens with zero attached hydrogens (tertiary/aromatic N) is 2. The van der Waals surface area contributed by atoms with Crippen LogP contribution in [0.15, 0.2) is 29.6 Å². The van der Waals surface area contributed by atoms with Crippen LogP contribution in [0.3, 0.4) is 0 Å². The van der Waals surface area contributed by atoms with E-state index in [0.29, 0.717) is 30.0 Å². The molecule has 0 aliphatic carbocycles. The predicted octanol–water partition coefficient (Wildman–Crippen LogP) is 4.81. The van der Waals surface area contributed by atoms with Crippen molar-refractivity contribution in [3.8, 4) is 0 Å². The van der Waals surface area contributed by atoms with Gasteiger partial charge >= 0.3 is 11.9 Å². The van der Waals surface area contributed by atoms with Gasteiger partial charge in [0.1, 0.15) is 10.7 Å². The molecule has 12 nitrogen and oxygen atoms in total. The second-order valence-corrected chi connectivity index (χ2v) is 13.3. The minimum absolute atomic E-state index is 0.0238. The monoisotopic (exact) mass is 673 g/mol. The molecule has 47 heavy (non-hydrogen) atoms. The highest BCUT2D eigenvalue weighted by molar-refractivity contribution is 7.09. The lowest BCUT2D eigenvalue weighted by Crippen LogP contribution is -2.41. The number of hydrogen-bond donors (Lipinski definition) is 4. The number of anilines is 1. The Bertz CT molecular complexity index is 1350. The van der Waals surface area contributed by atoms with Gasteiger partial charge in [0.15, 0.2) is 6.10 Å². The molecule has 0 radical (unpaired) electrons. The summed E-state index contributed by atoms with van der Waals surface area (Å²) < 4.78 is 5.66. The molecule has 0 aliphatic rings. The lowest BCUT2D eigenvalue weighted by Gasteiger charge is -2.33.